The molecule has 1 aliphatic rings. The van der Waals surface area contributed by atoms with Gasteiger partial charge in [-0.25, -0.2) is 0 Å². The van der Waals surface area contributed by atoms with Crippen LogP contribution in [-0.4, -0.2) is 48.4 Å². The molecule has 0 aromatic carbocycles. The van der Waals surface area contributed by atoms with Crippen molar-refractivity contribution in [3.63, 3.8) is 0 Å². The monoisotopic (exact) mass is 236 g/mol. The van der Waals surface area contributed by atoms with Gasteiger partial charge in [-0.15, -0.1) is 0 Å². The third-order valence-corrected chi connectivity index (χ3v) is 3.75. The van der Waals surface area contributed by atoms with Gasteiger partial charge in [0.25, 0.3) is 0 Å². The summed E-state index contributed by atoms with van der Waals surface area (Å²) in [6.45, 7) is 5.64. The molecule has 2 rings (SSSR count). The molecule has 1 fully saturated rings. The molecule has 0 saturated carbocycles. The number of nitrogens with one attached hydrogen (secondary N) is 1. The third-order valence-electron chi connectivity index (χ3n) is 3.75. The van der Waals surface area contributed by atoms with Gasteiger partial charge in [0.1, 0.15) is 0 Å². The van der Waals surface area contributed by atoms with E-state index < -0.39 is 0 Å². The van der Waals surface area contributed by atoms with Crippen molar-refractivity contribution in [2.45, 2.75) is 31.7 Å². The first-order valence-corrected chi connectivity index (χ1v) is 6.59. The number of likely N-dealkylation sites (tertiary alicyclic amines) is 1. The van der Waals surface area contributed by atoms with Gasteiger partial charge in [0.2, 0.25) is 0 Å². The summed E-state index contributed by atoms with van der Waals surface area (Å²) >= 11 is 0. The molecular formula is C13H24N4. The van der Waals surface area contributed by atoms with Crippen molar-refractivity contribution in [1.82, 2.24) is 20.0 Å². The highest BCUT2D eigenvalue weighted by Gasteiger charge is 2.22. The van der Waals surface area contributed by atoms with Crippen LogP contribution in [0.2, 0.25) is 0 Å². The van der Waals surface area contributed by atoms with Crippen molar-refractivity contribution < 1.29 is 0 Å². The molecule has 0 bridgehead atoms. The van der Waals surface area contributed by atoms with Crippen LogP contribution in [0, 0.1) is 0 Å². The largest absolute Gasteiger partial charge is 0.319 e. The number of aromatic nitrogens is 2. The molecular weight excluding hydrogens is 212 g/mol. The highest BCUT2D eigenvalue weighted by Crippen LogP contribution is 2.25. The highest BCUT2D eigenvalue weighted by atomic mass is 15.3. The average molecular weight is 236 g/mol. The van der Waals surface area contributed by atoms with Crippen molar-refractivity contribution in [3.8, 4) is 0 Å². The summed E-state index contributed by atoms with van der Waals surface area (Å²) in [5.41, 5.74) is 1.37. The normalized spacial score (nSPS) is 20.6. The lowest BCUT2D eigenvalue weighted by Gasteiger charge is -2.30. The Labute approximate surface area is 104 Å². The van der Waals surface area contributed by atoms with E-state index in [1.54, 1.807) is 0 Å². The van der Waals surface area contributed by atoms with Crippen LogP contribution in [0.4, 0.5) is 0 Å². The van der Waals surface area contributed by atoms with Gasteiger partial charge in [-0.05, 0) is 46.1 Å². The van der Waals surface area contributed by atoms with Crippen LogP contribution in [-0.2, 0) is 0 Å². The first kappa shape index (κ1) is 12.6. The number of hydrogen-bond donors (Lipinski definition) is 1. The van der Waals surface area contributed by atoms with Crippen molar-refractivity contribution >= 4 is 0 Å². The minimum atomic E-state index is 0.530. The van der Waals surface area contributed by atoms with E-state index in [1.165, 1.54) is 31.6 Å². The Balaban J connectivity index is 2.08. The highest BCUT2D eigenvalue weighted by molar-refractivity contribution is 5.09. The van der Waals surface area contributed by atoms with Gasteiger partial charge in [0.05, 0.1) is 6.04 Å². The average Bonchev–Trinajstić information content (AvgIpc) is 2.79. The molecule has 4 nitrogen and oxygen atoms in total. The number of nitrogens with zero attached hydrogens (tertiary/aromatic N) is 3. The summed E-state index contributed by atoms with van der Waals surface area (Å²) in [5, 5.41) is 7.78. The van der Waals surface area contributed by atoms with Crippen LogP contribution in [0.25, 0.3) is 0 Å². The van der Waals surface area contributed by atoms with E-state index in [0.717, 1.165) is 6.54 Å². The Hall–Kier alpha value is -0.870. The van der Waals surface area contributed by atoms with Crippen LogP contribution < -0.4 is 5.32 Å². The Morgan fingerprint density at radius 3 is 2.82 bits per heavy atom. The van der Waals surface area contributed by atoms with Crippen LogP contribution in [0.5, 0.6) is 0 Å². The molecule has 1 N–H and O–H groups in total. The van der Waals surface area contributed by atoms with Gasteiger partial charge in [-0.2, -0.15) is 5.10 Å². The minimum absolute atomic E-state index is 0.530. The lowest BCUT2D eigenvalue weighted by Crippen LogP contribution is -2.33. The molecule has 0 amide bonds. The zero-order valence-corrected chi connectivity index (χ0v) is 11.2. The van der Waals surface area contributed by atoms with E-state index in [4.69, 9.17) is 0 Å². The molecule has 1 aliphatic heterocycles. The zero-order chi connectivity index (χ0) is 12.3. The number of likely N-dealkylation sites (N-methyl/N-ethyl adjacent to an activating group) is 1. The number of rotatable bonds is 4. The van der Waals surface area contributed by atoms with Crippen LogP contribution in [0.1, 0.15) is 37.4 Å². The lowest BCUT2D eigenvalue weighted by atomic mass is 10.0. The maximum atomic E-state index is 4.54. The maximum absolute atomic E-state index is 4.54. The Morgan fingerprint density at radius 1 is 1.47 bits per heavy atom. The minimum Gasteiger partial charge on any atom is -0.319 e. The SMILES string of the molecule is CNCC(C)c1ccnn1C1CCN(C)CC1. The molecule has 1 atom stereocenters. The quantitative estimate of drug-likeness (QED) is 0.859. The summed E-state index contributed by atoms with van der Waals surface area (Å²) in [6, 6.07) is 2.76. The lowest BCUT2D eigenvalue weighted by molar-refractivity contribution is 0.208. The van der Waals surface area contributed by atoms with Crippen molar-refractivity contribution in [2.75, 3.05) is 33.7 Å². The summed E-state index contributed by atoms with van der Waals surface area (Å²) < 4.78 is 2.26. The van der Waals surface area contributed by atoms with Gasteiger partial charge >= 0.3 is 0 Å². The second kappa shape index (κ2) is 5.65. The summed E-state index contributed by atoms with van der Waals surface area (Å²) in [6.07, 6.45) is 4.38. The molecule has 0 aliphatic carbocycles. The van der Waals surface area contributed by atoms with E-state index >= 15 is 0 Å². The molecule has 96 valence electrons. The van der Waals surface area contributed by atoms with Gasteiger partial charge in [0.15, 0.2) is 0 Å². The molecule has 1 aromatic heterocycles. The zero-order valence-electron chi connectivity index (χ0n) is 11.2. The molecule has 2 heterocycles. The first-order chi connectivity index (χ1) is 8.22. The Kier molecular flexibility index (Phi) is 4.18. The third kappa shape index (κ3) is 2.87. The predicted octanol–water partition coefficient (Wildman–Crippen LogP) is 1.47. The Morgan fingerprint density at radius 2 is 2.18 bits per heavy atom. The van der Waals surface area contributed by atoms with Crippen LogP contribution >= 0.6 is 0 Å². The molecule has 1 aromatic rings. The van der Waals surface area contributed by atoms with Crippen molar-refractivity contribution in [2.24, 2.45) is 0 Å². The van der Waals surface area contributed by atoms with Crippen LogP contribution in [0.3, 0.4) is 0 Å². The molecule has 0 spiro atoms. The first-order valence-electron chi connectivity index (χ1n) is 6.59. The fourth-order valence-corrected chi connectivity index (χ4v) is 2.67. The smallest absolute Gasteiger partial charge is 0.0546 e. The number of hydrogen-bond acceptors (Lipinski definition) is 3. The maximum Gasteiger partial charge on any atom is 0.0546 e. The summed E-state index contributed by atoms with van der Waals surface area (Å²) in [4.78, 5) is 2.40. The van der Waals surface area contributed by atoms with Gasteiger partial charge < -0.3 is 10.2 Å². The van der Waals surface area contributed by atoms with Crippen molar-refractivity contribution in [3.05, 3.63) is 18.0 Å². The van der Waals surface area contributed by atoms with E-state index in [0.29, 0.717) is 12.0 Å². The number of piperidine rings is 1. The molecule has 0 radical (unpaired) electrons. The molecule has 1 saturated heterocycles. The second-order valence-electron chi connectivity index (χ2n) is 5.19. The van der Waals surface area contributed by atoms with Gasteiger partial charge in [-0.3, -0.25) is 4.68 Å². The van der Waals surface area contributed by atoms with E-state index in [1.807, 2.05) is 13.2 Å². The second-order valence-corrected chi connectivity index (χ2v) is 5.19. The fraction of sp³-hybridized carbons (Fsp3) is 0.769. The van der Waals surface area contributed by atoms with E-state index in [2.05, 4.69) is 40.0 Å². The topological polar surface area (TPSA) is 33.1 Å². The molecule has 1 unspecified atom stereocenters. The Bertz CT molecular complexity index is 339. The molecule has 17 heavy (non-hydrogen) atoms. The summed E-state index contributed by atoms with van der Waals surface area (Å²) in [7, 11) is 4.20. The summed E-state index contributed by atoms with van der Waals surface area (Å²) in [5.74, 6) is 0.530. The van der Waals surface area contributed by atoms with Crippen molar-refractivity contribution in [1.29, 1.82) is 0 Å². The molecule has 4 heteroatoms. The van der Waals surface area contributed by atoms with E-state index in [-0.39, 0.29) is 0 Å². The van der Waals surface area contributed by atoms with Gasteiger partial charge in [0, 0.05) is 24.4 Å². The van der Waals surface area contributed by atoms with Gasteiger partial charge in [-0.1, -0.05) is 6.92 Å². The standard InChI is InChI=1S/C13H24N4/c1-11(10-14-2)13-4-7-15-17(13)12-5-8-16(3)9-6-12/h4,7,11-12,14H,5-6,8-10H2,1-3H3. The fourth-order valence-electron chi connectivity index (χ4n) is 2.67. The van der Waals surface area contributed by atoms with Crippen LogP contribution in [0.15, 0.2) is 12.3 Å². The van der Waals surface area contributed by atoms with E-state index in [9.17, 15) is 0 Å². The predicted molar refractivity (Wildman–Crippen MR) is 70.3 cm³/mol.